The van der Waals surface area contributed by atoms with Crippen LogP contribution in [0.2, 0.25) is 0 Å². The normalized spacial score (nSPS) is 10.7. The van der Waals surface area contributed by atoms with Crippen LogP contribution in [0.25, 0.3) is 11.4 Å². The van der Waals surface area contributed by atoms with Crippen molar-refractivity contribution in [3.63, 3.8) is 0 Å². The topological polar surface area (TPSA) is 81.8 Å². The van der Waals surface area contributed by atoms with E-state index in [1.54, 1.807) is 22.5 Å². The molecule has 0 aliphatic carbocycles. The molecular weight excluding hydrogens is 378 g/mol. The number of hydrogen-bond acceptors (Lipinski definition) is 4. The molecule has 2 aromatic heterocycles. The average Bonchev–Trinajstić information content (AvgIpc) is 3.24. The molecule has 4 aromatic rings. The maximum absolute atomic E-state index is 12.6. The molecule has 0 fully saturated rings. The minimum atomic E-state index is -0.486. The number of aromatic nitrogens is 4. The van der Waals surface area contributed by atoms with E-state index in [1.807, 2.05) is 66.9 Å². The number of nitrogens with zero attached hydrogens (tertiary/aromatic N) is 4. The van der Waals surface area contributed by atoms with Gasteiger partial charge in [0.05, 0.1) is 17.6 Å². The Morgan fingerprint density at radius 1 is 1.00 bits per heavy atom. The summed E-state index contributed by atoms with van der Waals surface area (Å²) in [5.41, 5.74) is 2.89. The largest absolute Gasteiger partial charge is 0.350 e. The van der Waals surface area contributed by atoms with Gasteiger partial charge in [0.2, 0.25) is 5.43 Å². The van der Waals surface area contributed by atoms with Gasteiger partial charge in [-0.25, -0.2) is 9.36 Å². The number of hydrogen-bond donors (Lipinski definition) is 1. The lowest BCUT2D eigenvalue weighted by Crippen LogP contribution is -2.33. The maximum Gasteiger partial charge on any atom is 0.275 e. The first kappa shape index (κ1) is 19.3. The number of benzene rings is 2. The van der Waals surface area contributed by atoms with Crippen LogP contribution in [0.15, 0.2) is 83.9 Å². The van der Waals surface area contributed by atoms with Crippen molar-refractivity contribution >= 4 is 5.91 Å². The van der Waals surface area contributed by atoms with Gasteiger partial charge < -0.3 is 5.32 Å². The second kappa shape index (κ2) is 8.57. The first-order valence-electron chi connectivity index (χ1n) is 9.65. The van der Waals surface area contributed by atoms with E-state index in [9.17, 15) is 9.59 Å². The lowest BCUT2D eigenvalue weighted by Gasteiger charge is -2.11. The van der Waals surface area contributed by atoms with Crippen LogP contribution in [-0.2, 0) is 6.42 Å². The van der Waals surface area contributed by atoms with E-state index < -0.39 is 11.3 Å². The molecule has 0 spiro atoms. The molecule has 0 aliphatic heterocycles. The van der Waals surface area contributed by atoms with E-state index in [0.29, 0.717) is 18.7 Å². The molecule has 0 saturated heterocycles. The fourth-order valence-corrected chi connectivity index (χ4v) is 3.15. The van der Waals surface area contributed by atoms with Gasteiger partial charge in [-0.15, -0.1) is 0 Å². The Balaban J connectivity index is 1.44. The van der Waals surface area contributed by atoms with Gasteiger partial charge >= 0.3 is 0 Å². The summed E-state index contributed by atoms with van der Waals surface area (Å²) in [5.74, 6) is -0.486. The van der Waals surface area contributed by atoms with E-state index in [0.717, 1.165) is 16.9 Å². The minimum absolute atomic E-state index is 0.121. The molecular formula is C23H21N5O2. The summed E-state index contributed by atoms with van der Waals surface area (Å²) in [6, 6.07) is 20.6. The fraction of sp³-hybridized carbons (Fsp3) is 0.130. The van der Waals surface area contributed by atoms with Crippen molar-refractivity contribution in [1.82, 2.24) is 24.9 Å². The molecule has 0 aliphatic rings. The van der Waals surface area contributed by atoms with Gasteiger partial charge in [-0.2, -0.15) is 10.2 Å². The standard InChI is InChI=1S/C23H21N5O2/c1-17-14-21(29)22(26-28(17)20-10-6-3-7-11-20)23(30)24-13-12-18-15-25-27(16-18)19-8-4-2-5-9-19/h2-11,14-16H,12-13H2,1H3,(H,24,30). The molecule has 0 unspecified atom stereocenters. The zero-order valence-corrected chi connectivity index (χ0v) is 16.5. The van der Waals surface area contributed by atoms with Crippen molar-refractivity contribution in [2.45, 2.75) is 13.3 Å². The van der Waals surface area contributed by atoms with Crippen molar-refractivity contribution in [3.8, 4) is 11.4 Å². The first-order valence-corrected chi connectivity index (χ1v) is 9.65. The quantitative estimate of drug-likeness (QED) is 0.541. The third-order valence-electron chi connectivity index (χ3n) is 4.68. The molecule has 2 heterocycles. The lowest BCUT2D eigenvalue weighted by atomic mass is 10.2. The summed E-state index contributed by atoms with van der Waals surface area (Å²) in [7, 11) is 0. The summed E-state index contributed by atoms with van der Waals surface area (Å²) in [5, 5.41) is 11.4. The highest BCUT2D eigenvalue weighted by atomic mass is 16.2. The van der Waals surface area contributed by atoms with Gasteiger partial charge in [0, 0.05) is 24.5 Å². The highest BCUT2D eigenvalue weighted by molar-refractivity contribution is 5.92. The molecule has 1 amide bonds. The predicted octanol–water partition coefficient (Wildman–Crippen LogP) is 2.70. The molecule has 7 heteroatoms. The first-order chi connectivity index (χ1) is 14.6. The highest BCUT2D eigenvalue weighted by Gasteiger charge is 2.15. The number of rotatable bonds is 6. The Labute approximate surface area is 173 Å². The monoisotopic (exact) mass is 399 g/mol. The number of nitrogens with one attached hydrogen (secondary N) is 1. The van der Waals surface area contributed by atoms with E-state index in [1.165, 1.54) is 6.07 Å². The van der Waals surface area contributed by atoms with Crippen LogP contribution in [0.4, 0.5) is 0 Å². The Bertz CT molecular complexity index is 1210. The van der Waals surface area contributed by atoms with Crippen LogP contribution >= 0.6 is 0 Å². The summed E-state index contributed by atoms with van der Waals surface area (Å²) >= 11 is 0. The molecule has 7 nitrogen and oxygen atoms in total. The Morgan fingerprint density at radius 2 is 1.67 bits per heavy atom. The second-order valence-corrected chi connectivity index (χ2v) is 6.88. The second-order valence-electron chi connectivity index (χ2n) is 6.88. The molecule has 0 bridgehead atoms. The van der Waals surface area contributed by atoms with E-state index in [-0.39, 0.29) is 5.69 Å². The Kier molecular flexibility index (Phi) is 5.52. The van der Waals surface area contributed by atoms with E-state index in [2.05, 4.69) is 15.5 Å². The van der Waals surface area contributed by atoms with Crippen LogP contribution in [-0.4, -0.2) is 32.0 Å². The molecule has 4 rings (SSSR count). The Morgan fingerprint density at radius 3 is 2.37 bits per heavy atom. The fourth-order valence-electron chi connectivity index (χ4n) is 3.15. The summed E-state index contributed by atoms with van der Waals surface area (Å²) < 4.78 is 3.39. The number of amides is 1. The summed E-state index contributed by atoms with van der Waals surface area (Å²) in [6.07, 6.45) is 4.29. The van der Waals surface area contributed by atoms with Crippen molar-refractivity contribution in [2.75, 3.05) is 6.54 Å². The van der Waals surface area contributed by atoms with E-state index in [4.69, 9.17) is 0 Å². The molecule has 30 heavy (non-hydrogen) atoms. The van der Waals surface area contributed by atoms with Gasteiger partial charge in [-0.1, -0.05) is 36.4 Å². The van der Waals surface area contributed by atoms with Gasteiger partial charge in [0.1, 0.15) is 0 Å². The molecule has 0 saturated carbocycles. The number of carbonyl (C=O) groups excluding carboxylic acids is 1. The summed E-state index contributed by atoms with van der Waals surface area (Å²) in [6.45, 7) is 2.16. The van der Waals surface area contributed by atoms with Crippen molar-refractivity contribution in [3.05, 3.63) is 106 Å². The zero-order valence-electron chi connectivity index (χ0n) is 16.5. The van der Waals surface area contributed by atoms with Gasteiger partial charge in [-0.05, 0) is 43.2 Å². The van der Waals surface area contributed by atoms with Crippen LogP contribution in [0.1, 0.15) is 21.7 Å². The smallest absolute Gasteiger partial charge is 0.275 e. The lowest BCUT2D eigenvalue weighted by molar-refractivity contribution is 0.0946. The SMILES string of the molecule is Cc1cc(=O)c(C(=O)NCCc2cnn(-c3ccccc3)c2)nn1-c1ccccc1. The van der Waals surface area contributed by atoms with Crippen molar-refractivity contribution in [2.24, 2.45) is 0 Å². The maximum atomic E-state index is 12.6. The van der Waals surface area contributed by atoms with Crippen molar-refractivity contribution in [1.29, 1.82) is 0 Å². The van der Waals surface area contributed by atoms with Crippen molar-refractivity contribution < 1.29 is 4.79 Å². The van der Waals surface area contributed by atoms with Crippen LogP contribution in [0.3, 0.4) is 0 Å². The van der Waals surface area contributed by atoms with Gasteiger partial charge in [0.25, 0.3) is 5.91 Å². The molecule has 0 atom stereocenters. The third kappa shape index (κ3) is 4.20. The summed E-state index contributed by atoms with van der Waals surface area (Å²) in [4.78, 5) is 24.9. The average molecular weight is 399 g/mol. The molecule has 2 aromatic carbocycles. The van der Waals surface area contributed by atoms with Crippen LogP contribution in [0.5, 0.6) is 0 Å². The molecule has 150 valence electrons. The minimum Gasteiger partial charge on any atom is -0.350 e. The predicted molar refractivity (Wildman–Crippen MR) is 114 cm³/mol. The van der Waals surface area contributed by atoms with Crippen LogP contribution in [0, 0.1) is 6.92 Å². The number of aryl methyl sites for hydroxylation is 1. The van der Waals surface area contributed by atoms with Crippen LogP contribution < -0.4 is 10.7 Å². The number of para-hydroxylation sites is 2. The number of carbonyl (C=O) groups is 1. The molecule has 1 N–H and O–H groups in total. The molecule has 0 radical (unpaired) electrons. The van der Waals surface area contributed by atoms with Gasteiger partial charge in [-0.3, -0.25) is 9.59 Å². The van der Waals surface area contributed by atoms with Gasteiger partial charge in [0.15, 0.2) is 5.69 Å². The van der Waals surface area contributed by atoms with E-state index >= 15 is 0 Å². The zero-order chi connectivity index (χ0) is 20.9. The third-order valence-corrected chi connectivity index (χ3v) is 4.68. The Hall–Kier alpha value is -4.00. The highest BCUT2D eigenvalue weighted by Crippen LogP contribution is 2.09.